The lowest BCUT2D eigenvalue weighted by molar-refractivity contribution is -0.384. The van der Waals surface area contributed by atoms with Gasteiger partial charge >= 0.3 is 0 Å². The summed E-state index contributed by atoms with van der Waals surface area (Å²) in [7, 11) is 0. The fourth-order valence-electron chi connectivity index (χ4n) is 2.79. The number of benzene rings is 2. The lowest BCUT2D eigenvalue weighted by Crippen LogP contribution is -2.18. The van der Waals surface area contributed by atoms with E-state index in [9.17, 15) is 20.0 Å². The number of non-ortho nitro benzene ring substituents is 1. The second-order valence-electron chi connectivity index (χ2n) is 6.08. The molecule has 0 aliphatic carbocycles. The van der Waals surface area contributed by atoms with Crippen molar-refractivity contribution in [2.24, 2.45) is 4.99 Å². The number of nitrogens with zero attached hydrogens (tertiary/aromatic N) is 3. The van der Waals surface area contributed by atoms with Crippen LogP contribution in [0.25, 0.3) is 11.8 Å². The molecule has 0 atom stereocenters. The number of nitro groups is 1. The number of aromatic hydroxyl groups is 1. The number of aromatic nitrogens is 1. The molecule has 0 radical (unpaired) electrons. The van der Waals surface area contributed by atoms with Gasteiger partial charge in [-0.1, -0.05) is 0 Å². The first kappa shape index (κ1) is 18.5. The minimum absolute atomic E-state index is 0.0188. The number of rotatable bonds is 4. The van der Waals surface area contributed by atoms with Crippen molar-refractivity contribution in [3.05, 3.63) is 87.6 Å². The molecule has 2 heterocycles. The number of aliphatic imine (C=N–C) groups is 1. The highest BCUT2D eigenvalue weighted by Crippen LogP contribution is 2.30. The predicted octanol–water partition coefficient (Wildman–Crippen LogP) is 4.62. The highest BCUT2D eigenvalue weighted by Gasteiger charge is 2.24. The highest BCUT2D eigenvalue weighted by molar-refractivity contribution is 8.18. The Kier molecular flexibility index (Phi) is 4.88. The van der Waals surface area contributed by atoms with E-state index in [0.29, 0.717) is 16.4 Å². The number of amides is 1. The predicted molar refractivity (Wildman–Crippen MR) is 112 cm³/mol. The van der Waals surface area contributed by atoms with Crippen LogP contribution in [0.3, 0.4) is 0 Å². The van der Waals surface area contributed by atoms with Gasteiger partial charge in [0.1, 0.15) is 11.6 Å². The van der Waals surface area contributed by atoms with E-state index in [1.54, 1.807) is 24.3 Å². The molecule has 8 nitrogen and oxygen atoms in total. The molecule has 1 aliphatic rings. The third kappa shape index (κ3) is 4.04. The number of phenolic OH excluding ortho intramolecular Hbond substituents is 1. The summed E-state index contributed by atoms with van der Waals surface area (Å²) in [6.45, 7) is 0. The Labute approximate surface area is 169 Å². The largest absolute Gasteiger partial charge is 0.508 e. The molecule has 0 unspecified atom stereocenters. The average molecular weight is 406 g/mol. The SMILES string of the molecule is O=C1NC(=Nc2ccc(O)cc2)C(=Cc2cccn2-c2ccc([N+](=O)[O-])cc2)S1. The summed E-state index contributed by atoms with van der Waals surface area (Å²) >= 11 is 1.03. The first-order chi connectivity index (χ1) is 14.0. The van der Waals surface area contributed by atoms with Crippen LogP contribution in [0.5, 0.6) is 5.75 Å². The summed E-state index contributed by atoms with van der Waals surface area (Å²) in [6, 6.07) is 16.3. The Bertz CT molecular complexity index is 1150. The lowest BCUT2D eigenvalue weighted by Gasteiger charge is -2.07. The Morgan fingerprint density at radius 2 is 1.83 bits per heavy atom. The van der Waals surface area contributed by atoms with Crippen LogP contribution in [0, 0.1) is 10.1 Å². The zero-order chi connectivity index (χ0) is 20.4. The van der Waals surface area contributed by atoms with E-state index in [1.165, 1.54) is 24.3 Å². The molecule has 1 aliphatic heterocycles. The fraction of sp³-hybridized carbons (Fsp3) is 0. The van der Waals surface area contributed by atoms with E-state index in [1.807, 2.05) is 29.0 Å². The van der Waals surface area contributed by atoms with Crippen molar-refractivity contribution >= 4 is 40.3 Å². The van der Waals surface area contributed by atoms with Crippen LogP contribution in [0.1, 0.15) is 5.69 Å². The molecular weight excluding hydrogens is 392 g/mol. The van der Waals surface area contributed by atoms with Crippen molar-refractivity contribution in [1.29, 1.82) is 0 Å². The van der Waals surface area contributed by atoms with Crippen molar-refractivity contribution in [3.63, 3.8) is 0 Å². The van der Waals surface area contributed by atoms with Gasteiger partial charge in [0, 0.05) is 29.7 Å². The van der Waals surface area contributed by atoms with Crippen LogP contribution >= 0.6 is 11.8 Å². The summed E-state index contributed by atoms with van der Waals surface area (Å²) in [4.78, 5) is 27.4. The minimum Gasteiger partial charge on any atom is -0.508 e. The topological polar surface area (TPSA) is 110 Å². The Hall–Kier alpha value is -3.85. The molecule has 2 aromatic carbocycles. The molecule has 4 rings (SSSR count). The van der Waals surface area contributed by atoms with Gasteiger partial charge in [0.2, 0.25) is 0 Å². The molecule has 3 aromatic rings. The van der Waals surface area contributed by atoms with Gasteiger partial charge in [-0.15, -0.1) is 0 Å². The molecule has 9 heteroatoms. The Morgan fingerprint density at radius 1 is 1.10 bits per heavy atom. The Balaban J connectivity index is 1.68. The molecule has 144 valence electrons. The van der Waals surface area contributed by atoms with Crippen molar-refractivity contribution in [2.75, 3.05) is 0 Å². The number of hydrogen-bond acceptors (Lipinski definition) is 6. The first-order valence-electron chi connectivity index (χ1n) is 8.50. The van der Waals surface area contributed by atoms with E-state index >= 15 is 0 Å². The maximum Gasteiger partial charge on any atom is 0.289 e. The van der Waals surface area contributed by atoms with Crippen molar-refractivity contribution < 1.29 is 14.8 Å². The van der Waals surface area contributed by atoms with Gasteiger partial charge in [-0.05, 0) is 66.4 Å². The third-order valence-electron chi connectivity index (χ3n) is 4.15. The number of nitrogens with one attached hydrogen (secondary N) is 1. The molecule has 1 aromatic heterocycles. The maximum absolute atomic E-state index is 11.9. The molecule has 0 saturated carbocycles. The van der Waals surface area contributed by atoms with Gasteiger partial charge < -0.3 is 15.0 Å². The molecule has 2 N–H and O–H groups in total. The summed E-state index contributed by atoms with van der Waals surface area (Å²) < 4.78 is 1.86. The quantitative estimate of drug-likeness (QED) is 0.485. The number of hydrogen-bond donors (Lipinski definition) is 2. The van der Waals surface area contributed by atoms with Gasteiger partial charge in [0.05, 0.1) is 15.5 Å². The second-order valence-corrected chi connectivity index (χ2v) is 7.09. The lowest BCUT2D eigenvalue weighted by atomic mass is 10.2. The summed E-state index contributed by atoms with van der Waals surface area (Å²) in [6.07, 6.45) is 3.66. The van der Waals surface area contributed by atoms with Crippen LogP contribution in [-0.2, 0) is 0 Å². The summed E-state index contributed by atoms with van der Waals surface area (Å²) in [5.41, 5.74) is 2.16. The number of phenols is 1. The normalized spacial score (nSPS) is 16.3. The zero-order valence-corrected chi connectivity index (χ0v) is 15.7. The molecule has 1 saturated heterocycles. The Morgan fingerprint density at radius 3 is 2.52 bits per heavy atom. The summed E-state index contributed by atoms with van der Waals surface area (Å²) in [5, 5.41) is 22.7. The van der Waals surface area contributed by atoms with Crippen LogP contribution in [0.15, 0.2) is 76.8 Å². The second kappa shape index (κ2) is 7.64. The number of carbonyl (C=O) groups excluding carboxylic acids is 1. The van der Waals surface area contributed by atoms with E-state index in [4.69, 9.17) is 0 Å². The number of carbonyl (C=O) groups is 1. The van der Waals surface area contributed by atoms with Crippen molar-refractivity contribution in [3.8, 4) is 11.4 Å². The molecule has 0 bridgehead atoms. The van der Waals surface area contributed by atoms with Crippen LogP contribution < -0.4 is 5.32 Å². The molecule has 1 amide bonds. The number of thioether (sulfide) groups is 1. The van der Waals surface area contributed by atoms with Crippen LogP contribution in [0.2, 0.25) is 0 Å². The fourth-order valence-corrected chi connectivity index (χ4v) is 3.51. The van der Waals surface area contributed by atoms with E-state index < -0.39 is 4.92 Å². The van der Waals surface area contributed by atoms with Crippen LogP contribution in [0.4, 0.5) is 16.2 Å². The molecular formula is C20H14N4O4S. The monoisotopic (exact) mass is 406 g/mol. The van der Waals surface area contributed by atoms with Gasteiger partial charge in [-0.25, -0.2) is 4.99 Å². The van der Waals surface area contributed by atoms with Gasteiger partial charge in [0.25, 0.3) is 10.9 Å². The van der Waals surface area contributed by atoms with Crippen LogP contribution in [-0.4, -0.2) is 25.7 Å². The average Bonchev–Trinajstić information content (AvgIpc) is 3.30. The number of nitro benzene ring substituents is 1. The zero-order valence-electron chi connectivity index (χ0n) is 14.9. The third-order valence-corrected chi connectivity index (χ3v) is 4.96. The van der Waals surface area contributed by atoms with Crippen molar-refractivity contribution in [1.82, 2.24) is 9.88 Å². The molecule has 0 spiro atoms. The van der Waals surface area contributed by atoms with Gasteiger partial charge in [0.15, 0.2) is 0 Å². The maximum atomic E-state index is 11.9. The van der Waals surface area contributed by atoms with E-state index in [-0.39, 0.29) is 16.7 Å². The molecule has 29 heavy (non-hydrogen) atoms. The van der Waals surface area contributed by atoms with E-state index in [2.05, 4.69) is 10.3 Å². The highest BCUT2D eigenvalue weighted by atomic mass is 32.2. The van der Waals surface area contributed by atoms with Crippen molar-refractivity contribution in [2.45, 2.75) is 0 Å². The van der Waals surface area contributed by atoms with E-state index in [0.717, 1.165) is 23.1 Å². The summed E-state index contributed by atoms with van der Waals surface area (Å²) in [5.74, 6) is 0.553. The minimum atomic E-state index is -0.444. The standard InChI is InChI=1S/C20H14N4O4S/c25-17-9-3-13(4-10-17)21-19-18(29-20(26)22-19)12-16-2-1-11-23(16)14-5-7-15(8-6-14)24(27)28/h1-12,25H,(H,21,22,26). The first-order valence-corrected chi connectivity index (χ1v) is 9.32. The molecule has 1 fully saturated rings. The number of amidine groups is 1. The van der Waals surface area contributed by atoms with Gasteiger partial charge in [-0.2, -0.15) is 0 Å². The smallest absolute Gasteiger partial charge is 0.289 e. The van der Waals surface area contributed by atoms with Gasteiger partial charge in [-0.3, -0.25) is 14.9 Å².